The van der Waals surface area contributed by atoms with Gasteiger partial charge in [0.2, 0.25) is 5.91 Å². The summed E-state index contributed by atoms with van der Waals surface area (Å²) in [5.41, 5.74) is 0.515. The Balaban J connectivity index is 0.00000385. The molecule has 6 N–H and O–H groups in total. The predicted octanol–water partition coefficient (Wildman–Crippen LogP) is -4.22. The van der Waals surface area contributed by atoms with Gasteiger partial charge in [-0.15, -0.1) is 0 Å². The quantitative estimate of drug-likeness (QED) is 0.183. The average molecular weight is 560 g/mol. The summed E-state index contributed by atoms with van der Waals surface area (Å²) >= 11 is 9.58. The molecule has 1 amide bonds. The van der Waals surface area contributed by atoms with Crippen molar-refractivity contribution in [3.05, 3.63) is 27.8 Å². The van der Waals surface area contributed by atoms with Crippen molar-refractivity contribution in [1.29, 1.82) is 0 Å². The van der Waals surface area contributed by atoms with Crippen molar-refractivity contribution >= 4 is 50.3 Å². The van der Waals surface area contributed by atoms with Crippen molar-refractivity contribution < 1.29 is 74.2 Å². The number of carbonyl (C=O) groups excluding carboxylic acids is 2. The number of carboxylic acid groups (broad SMARTS) is 1. The van der Waals surface area contributed by atoms with Crippen LogP contribution in [0.4, 0.5) is 0 Å². The number of H-pyrrole nitrogens is 1. The van der Waals surface area contributed by atoms with Crippen molar-refractivity contribution in [2.75, 3.05) is 6.61 Å². The van der Waals surface area contributed by atoms with E-state index in [-0.39, 0.29) is 40.3 Å². The summed E-state index contributed by atoms with van der Waals surface area (Å²) < 4.78 is 11.7. The van der Waals surface area contributed by atoms with Crippen LogP contribution in [0.3, 0.4) is 0 Å². The molecule has 1 aromatic heterocycles. The van der Waals surface area contributed by atoms with Crippen LogP contribution in [0.25, 0.3) is 10.9 Å². The molecule has 6 atom stereocenters. The third-order valence-electron chi connectivity index (χ3n) is 5.15. The van der Waals surface area contributed by atoms with Gasteiger partial charge in [-0.05, 0) is 28.1 Å². The molecule has 0 bridgehead atoms. The molecule has 3 rings (SSSR count). The van der Waals surface area contributed by atoms with Gasteiger partial charge in [-0.25, -0.2) is 0 Å². The molecule has 4 unspecified atom stereocenters. The first-order chi connectivity index (χ1) is 15.0. The summed E-state index contributed by atoms with van der Waals surface area (Å²) in [4.78, 5) is 26.6. The SMILES string of the molecule is CC(=O)N[C@@H]1C(O)C[C@](Oc2c[nH]c3ccc(Br)c(Cl)c23)(C(=O)[O-])OC1C(O)C(O)CO.[Na+]. The van der Waals surface area contributed by atoms with E-state index in [9.17, 15) is 35.1 Å². The number of amides is 1. The smallest absolute Gasteiger partial charge is 0.543 e. The maximum absolute atomic E-state index is 12.2. The van der Waals surface area contributed by atoms with Crippen LogP contribution in [0.1, 0.15) is 13.3 Å². The van der Waals surface area contributed by atoms with Crippen LogP contribution in [0.5, 0.6) is 5.75 Å². The summed E-state index contributed by atoms with van der Waals surface area (Å²) in [7, 11) is 0. The summed E-state index contributed by atoms with van der Waals surface area (Å²) in [5.74, 6) is -5.16. The Hall–Kier alpha value is -0.930. The number of rotatable bonds is 7. The van der Waals surface area contributed by atoms with Gasteiger partial charge in [-0.2, -0.15) is 0 Å². The molecule has 1 aliphatic rings. The zero-order valence-corrected chi connectivity index (χ0v) is 22.0. The topological polar surface area (TPSA) is 184 Å². The minimum Gasteiger partial charge on any atom is -0.543 e. The van der Waals surface area contributed by atoms with Crippen molar-refractivity contribution in [3.8, 4) is 5.75 Å². The molecule has 0 spiro atoms. The molecular weight excluding hydrogens is 539 g/mol. The second kappa shape index (κ2) is 11.2. The van der Waals surface area contributed by atoms with Crippen molar-refractivity contribution in [2.24, 2.45) is 0 Å². The van der Waals surface area contributed by atoms with Crippen molar-refractivity contribution in [3.63, 3.8) is 0 Å². The summed E-state index contributed by atoms with van der Waals surface area (Å²) in [6.07, 6.45) is -6.30. The Morgan fingerprint density at radius 1 is 1.45 bits per heavy atom. The Labute approximate surface area is 223 Å². The van der Waals surface area contributed by atoms with Crippen molar-refractivity contribution in [1.82, 2.24) is 10.3 Å². The molecule has 176 valence electrons. The van der Waals surface area contributed by atoms with Gasteiger partial charge in [0.1, 0.15) is 30.0 Å². The molecular formula is C19H21BrClN2NaO9. The third kappa shape index (κ3) is 5.67. The van der Waals surface area contributed by atoms with Gasteiger partial charge in [-0.1, -0.05) is 11.6 Å². The van der Waals surface area contributed by atoms with E-state index in [0.717, 1.165) is 6.92 Å². The fourth-order valence-corrected chi connectivity index (χ4v) is 4.20. The number of aliphatic hydroxyl groups is 4. The normalized spacial score (nSPS) is 26.8. The standard InChI is InChI=1S/C19H22BrClN2O9.Na/c1-7(25)23-15-10(26)4-19(18(29)30,32-17(15)16(28)11(27)6-24)31-12-5-22-9-3-2-8(20)14(21)13(9)12;/h2-3,5,10-11,15-17,22,24,26-28H,4,6H2,1H3,(H,23,25)(H,29,30);/q;+1/p-1/t10?,11?,15-,16?,17?,19-;/m1./s1. The number of fused-ring (bicyclic) bond motifs is 1. The number of nitrogens with one attached hydrogen (secondary N) is 2. The molecule has 1 fully saturated rings. The Kier molecular flexibility index (Phi) is 9.61. The Morgan fingerprint density at radius 3 is 2.70 bits per heavy atom. The van der Waals surface area contributed by atoms with Crippen LogP contribution in [0.2, 0.25) is 5.02 Å². The second-order valence-corrected chi connectivity index (χ2v) is 8.63. The number of aliphatic hydroxyl groups excluding tert-OH is 4. The van der Waals surface area contributed by atoms with Gasteiger partial charge in [0.15, 0.2) is 0 Å². The number of hydrogen-bond acceptors (Lipinski definition) is 9. The molecule has 33 heavy (non-hydrogen) atoms. The number of halogens is 2. The van der Waals surface area contributed by atoms with E-state index in [1.54, 1.807) is 12.1 Å². The van der Waals surface area contributed by atoms with E-state index >= 15 is 0 Å². The molecule has 2 aromatic rings. The summed E-state index contributed by atoms with van der Waals surface area (Å²) in [6.45, 7) is 0.247. The van der Waals surface area contributed by atoms with Crippen LogP contribution in [-0.2, 0) is 14.3 Å². The van der Waals surface area contributed by atoms with Crippen LogP contribution in [0, 0.1) is 0 Å². The molecule has 1 aromatic carbocycles. The Bertz CT molecular complexity index is 1020. The molecule has 14 heteroatoms. The molecule has 1 aliphatic heterocycles. The summed E-state index contributed by atoms with van der Waals surface area (Å²) in [6, 6.07) is 2.01. The Morgan fingerprint density at radius 2 is 2.12 bits per heavy atom. The van der Waals surface area contributed by atoms with E-state index in [4.69, 9.17) is 21.1 Å². The fourth-order valence-electron chi connectivity index (χ4n) is 3.61. The molecule has 2 heterocycles. The number of ether oxygens (including phenoxy) is 2. The monoisotopic (exact) mass is 558 g/mol. The first-order valence-electron chi connectivity index (χ1n) is 9.46. The number of hydrogen-bond donors (Lipinski definition) is 6. The van der Waals surface area contributed by atoms with Crippen LogP contribution >= 0.6 is 27.5 Å². The van der Waals surface area contributed by atoms with Crippen LogP contribution < -0.4 is 44.7 Å². The van der Waals surface area contributed by atoms with E-state index in [0.29, 0.717) is 15.4 Å². The molecule has 11 nitrogen and oxygen atoms in total. The van der Waals surface area contributed by atoms with E-state index < -0.39 is 61.1 Å². The van der Waals surface area contributed by atoms with Gasteiger partial charge >= 0.3 is 29.6 Å². The van der Waals surface area contributed by atoms with Crippen molar-refractivity contribution in [2.45, 2.75) is 49.6 Å². The summed E-state index contributed by atoms with van der Waals surface area (Å²) in [5, 5.41) is 55.2. The predicted molar refractivity (Wildman–Crippen MR) is 112 cm³/mol. The minimum absolute atomic E-state index is 0. The molecule has 0 saturated carbocycles. The van der Waals surface area contributed by atoms with Gasteiger partial charge < -0.3 is 50.1 Å². The zero-order chi connectivity index (χ0) is 23.8. The average Bonchev–Trinajstić information content (AvgIpc) is 3.14. The van der Waals surface area contributed by atoms with Crippen LogP contribution in [-0.4, -0.2) is 80.1 Å². The maximum Gasteiger partial charge on any atom is 1.00 e. The molecule has 0 aliphatic carbocycles. The number of carbonyl (C=O) groups is 2. The van der Waals surface area contributed by atoms with Gasteiger partial charge in [0.05, 0.1) is 34.7 Å². The van der Waals surface area contributed by atoms with Gasteiger partial charge in [0, 0.05) is 24.0 Å². The first-order valence-corrected chi connectivity index (χ1v) is 10.6. The largest absolute Gasteiger partial charge is 1.00 e. The van der Waals surface area contributed by atoms with Gasteiger partial charge in [0.25, 0.3) is 5.79 Å². The third-order valence-corrected chi connectivity index (χ3v) is 6.43. The van der Waals surface area contributed by atoms with E-state index in [1.165, 1.54) is 6.20 Å². The van der Waals surface area contributed by atoms with Crippen LogP contribution in [0.15, 0.2) is 22.8 Å². The zero-order valence-electron chi connectivity index (χ0n) is 17.6. The maximum atomic E-state index is 12.2. The fraction of sp³-hybridized carbons (Fsp3) is 0.474. The van der Waals surface area contributed by atoms with Gasteiger partial charge in [-0.3, -0.25) is 4.79 Å². The minimum atomic E-state index is -2.63. The van der Waals surface area contributed by atoms with E-state index in [1.807, 2.05) is 0 Å². The number of aliphatic carboxylic acids is 1. The number of carboxylic acids is 1. The van der Waals surface area contributed by atoms with E-state index in [2.05, 4.69) is 26.2 Å². The number of aromatic amines is 1. The number of benzene rings is 1. The molecule has 0 radical (unpaired) electrons. The molecule has 1 saturated heterocycles. The first kappa shape index (κ1) is 28.3. The second-order valence-electron chi connectivity index (χ2n) is 7.40. The number of aromatic nitrogens is 1.